The largest absolute Gasteiger partial charge is 0.488 e. The van der Waals surface area contributed by atoms with E-state index >= 15 is 0 Å². The van der Waals surface area contributed by atoms with Gasteiger partial charge in [0, 0.05) is 12.8 Å². The van der Waals surface area contributed by atoms with Crippen molar-refractivity contribution in [1.29, 1.82) is 0 Å². The molecule has 0 saturated carbocycles. The van der Waals surface area contributed by atoms with Crippen LogP contribution in [0.4, 0.5) is 0 Å². The van der Waals surface area contributed by atoms with Gasteiger partial charge in [0.1, 0.15) is 12.2 Å². The fraction of sp³-hybridized carbons (Fsp3) is 0.538. The van der Waals surface area contributed by atoms with Gasteiger partial charge in [-0.25, -0.2) is 4.79 Å². The third-order valence-electron chi connectivity index (χ3n) is 2.94. The van der Waals surface area contributed by atoms with Gasteiger partial charge >= 0.3 is 5.97 Å². The summed E-state index contributed by atoms with van der Waals surface area (Å²) in [5.41, 5.74) is 1.18. The van der Waals surface area contributed by atoms with Gasteiger partial charge in [-0.2, -0.15) is 0 Å². The van der Waals surface area contributed by atoms with E-state index in [1.807, 2.05) is 0 Å². The molecule has 2 heterocycles. The molecule has 0 aliphatic carbocycles. The number of rotatable bonds is 4. The monoisotopic (exact) mass is 251 g/mol. The molecule has 2 rings (SSSR count). The van der Waals surface area contributed by atoms with Gasteiger partial charge in [-0.3, -0.25) is 4.98 Å². The highest BCUT2D eigenvalue weighted by molar-refractivity contribution is 5.93. The van der Waals surface area contributed by atoms with Crippen molar-refractivity contribution in [2.45, 2.75) is 25.9 Å². The minimum atomic E-state index is -0.405. The van der Waals surface area contributed by atoms with Gasteiger partial charge in [0.25, 0.3) is 0 Å². The average Bonchev–Trinajstić information content (AvgIpc) is 2.88. The molecule has 0 radical (unpaired) electrons. The fourth-order valence-corrected chi connectivity index (χ4v) is 1.97. The van der Waals surface area contributed by atoms with Gasteiger partial charge in [0.05, 0.1) is 19.4 Å². The van der Waals surface area contributed by atoms with Crippen molar-refractivity contribution in [3.63, 3.8) is 0 Å². The van der Waals surface area contributed by atoms with Crippen LogP contribution in [0.3, 0.4) is 0 Å². The predicted octanol–water partition coefficient (Wildman–Crippen LogP) is 1.73. The van der Waals surface area contributed by atoms with Crippen LogP contribution in [0.2, 0.25) is 0 Å². The molecule has 0 spiro atoms. The second-order valence-electron chi connectivity index (χ2n) is 4.27. The zero-order valence-corrected chi connectivity index (χ0v) is 10.6. The molecular weight excluding hydrogens is 234 g/mol. The van der Waals surface area contributed by atoms with Crippen LogP contribution < -0.4 is 4.74 Å². The Morgan fingerprint density at radius 3 is 3.06 bits per heavy atom. The number of esters is 1. The van der Waals surface area contributed by atoms with Crippen molar-refractivity contribution >= 4 is 5.97 Å². The molecule has 5 nitrogen and oxygen atoms in total. The van der Waals surface area contributed by atoms with Crippen LogP contribution in [-0.2, 0) is 9.47 Å². The number of hydrogen-bond acceptors (Lipinski definition) is 5. The Kier molecular flexibility index (Phi) is 4.15. The van der Waals surface area contributed by atoms with E-state index in [2.05, 4.69) is 4.98 Å². The lowest BCUT2D eigenvalue weighted by Gasteiger charge is -2.14. The first-order chi connectivity index (χ1) is 8.72. The number of carbonyl (C=O) groups excluding carboxylic acids is 1. The highest BCUT2D eigenvalue weighted by Gasteiger charge is 2.20. The van der Waals surface area contributed by atoms with Crippen LogP contribution in [0, 0.1) is 6.92 Å². The van der Waals surface area contributed by atoms with Gasteiger partial charge in [-0.1, -0.05) is 0 Å². The Balaban J connectivity index is 2.11. The van der Waals surface area contributed by atoms with Crippen molar-refractivity contribution in [2.75, 3.05) is 20.3 Å². The lowest BCUT2D eigenvalue weighted by Crippen LogP contribution is -2.18. The molecule has 0 aromatic carbocycles. The number of methoxy groups -OCH3 is 1. The number of aryl methyl sites for hydroxylation is 1. The molecule has 1 aliphatic rings. The number of carbonyl (C=O) groups is 1. The van der Waals surface area contributed by atoms with E-state index < -0.39 is 5.97 Å². The Labute approximate surface area is 106 Å². The summed E-state index contributed by atoms with van der Waals surface area (Å²) in [7, 11) is 1.35. The maximum absolute atomic E-state index is 11.7. The van der Waals surface area contributed by atoms with Gasteiger partial charge in [0.2, 0.25) is 0 Å². The second kappa shape index (κ2) is 5.82. The highest BCUT2D eigenvalue weighted by Crippen LogP contribution is 2.23. The summed E-state index contributed by atoms with van der Waals surface area (Å²) in [5, 5.41) is 0. The maximum atomic E-state index is 11.7. The third kappa shape index (κ3) is 2.79. The highest BCUT2D eigenvalue weighted by atomic mass is 16.5. The molecule has 0 amide bonds. The number of aromatic nitrogens is 1. The van der Waals surface area contributed by atoms with Crippen LogP contribution in [0.15, 0.2) is 12.4 Å². The fourth-order valence-electron chi connectivity index (χ4n) is 1.97. The predicted molar refractivity (Wildman–Crippen MR) is 64.8 cm³/mol. The van der Waals surface area contributed by atoms with Crippen molar-refractivity contribution in [3.8, 4) is 5.75 Å². The van der Waals surface area contributed by atoms with Crippen molar-refractivity contribution in [3.05, 3.63) is 23.5 Å². The van der Waals surface area contributed by atoms with Crippen LogP contribution in [0.25, 0.3) is 0 Å². The quantitative estimate of drug-likeness (QED) is 0.763. The first-order valence-corrected chi connectivity index (χ1v) is 5.99. The Morgan fingerprint density at radius 2 is 2.39 bits per heavy atom. The molecule has 1 aromatic rings. The van der Waals surface area contributed by atoms with Crippen molar-refractivity contribution < 1.29 is 19.0 Å². The van der Waals surface area contributed by atoms with E-state index in [1.54, 1.807) is 13.1 Å². The molecule has 1 unspecified atom stereocenters. The molecule has 1 saturated heterocycles. The number of hydrogen-bond donors (Lipinski definition) is 0. The van der Waals surface area contributed by atoms with Gasteiger partial charge in [-0.05, 0) is 25.3 Å². The number of ether oxygens (including phenoxy) is 3. The Morgan fingerprint density at radius 1 is 1.56 bits per heavy atom. The molecule has 1 fully saturated rings. The van der Waals surface area contributed by atoms with Crippen LogP contribution in [-0.4, -0.2) is 37.4 Å². The molecule has 1 atom stereocenters. The van der Waals surface area contributed by atoms with E-state index in [4.69, 9.17) is 14.2 Å². The average molecular weight is 251 g/mol. The lowest BCUT2D eigenvalue weighted by atomic mass is 10.1. The summed E-state index contributed by atoms with van der Waals surface area (Å²) in [6.45, 7) is 3.03. The molecule has 1 aromatic heterocycles. The molecule has 18 heavy (non-hydrogen) atoms. The number of pyridine rings is 1. The Bertz CT molecular complexity index is 427. The standard InChI is InChI=1S/C13H17NO4/c1-9-6-14-7-11(12(9)13(15)16-2)18-8-10-4-3-5-17-10/h6-7,10H,3-5,8H2,1-2H3. The van der Waals surface area contributed by atoms with Crippen LogP contribution in [0.1, 0.15) is 28.8 Å². The SMILES string of the molecule is COC(=O)c1c(C)cncc1OCC1CCCO1. The van der Waals surface area contributed by atoms with E-state index in [-0.39, 0.29) is 6.10 Å². The molecule has 98 valence electrons. The summed E-state index contributed by atoms with van der Waals surface area (Å²) >= 11 is 0. The molecular formula is C13H17NO4. The summed E-state index contributed by atoms with van der Waals surface area (Å²) in [4.78, 5) is 15.7. The van der Waals surface area contributed by atoms with E-state index in [0.717, 1.165) is 25.0 Å². The lowest BCUT2D eigenvalue weighted by molar-refractivity contribution is 0.0566. The van der Waals surface area contributed by atoms with Crippen LogP contribution >= 0.6 is 0 Å². The number of nitrogens with zero attached hydrogens (tertiary/aromatic N) is 1. The molecule has 1 aliphatic heterocycles. The van der Waals surface area contributed by atoms with Crippen molar-refractivity contribution in [1.82, 2.24) is 4.98 Å². The third-order valence-corrected chi connectivity index (χ3v) is 2.94. The zero-order chi connectivity index (χ0) is 13.0. The van der Waals surface area contributed by atoms with E-state index in [9.17, 15) is 4.79 Å². The maximum Gasteiger partial charge on any atom is 0.342 e. The first-order valence-electron chi connectivity index (χ1n) is 5.99. The topological polar surface area (TPSA) is 57.7 Å². The smallest absolute Gasteiger partial charge is 0.342 e. The summed E-state index contributed by atoms with van der Waals surface area (Å²) in [6.07, 6.45) is 5.31. The van der Waals surface area contributed by atoms with E-state index in [1.165, 1.54) is 13.3 Å². The molecule has 5 heteroatoms. The molecule has 0 N–H and O–H groups in total. The normalized spacial score (nSPS) is 18.7. The van der Waals surface area contributed by atoms with Crippen LogP contribution in [0.5, 0.6) is 5.75 Å². The second-order valence-corrected chi connectivity index (χ2v) is 4.27. The zero-order valence-electron chi connectivity index (χ0n) is 10.6. The first kappa shape index (κ1) is 12.8. The van der Waals surface area contributed by atoms with Crippen molar-refractivity contribution in [2.24, 2.45) is 0 Å². The summed E-state index contributed by atoms with van der Waals surface area (Å²) in [6, 6.07) is 0. The summed E-state index contributed by atoms with van der Waals surface area (Å²) < 4.78 is 15.9. The summed E-state index contributed by atoms with van der Waals surface area (Å²) in [5.74, 6) is 0.0505. The van der Waals surface area contributed by atoms with Gasteiger partial charge in [0.15, 0.2) is 5.75 Å². The van der Waals surface area contributed by atoms with E-state index in [0.29, 0.717) is 17.9 Å². The van der Waals surface area contributed by atoms with Gasteiger partial charge in [-0.15, -0.1) is 0 Å². The Hall–Kier alpha value is -1.62. The molecule has 0 bridgehead atoms. The minimum absolute atomic E-state index is 0.107. The minimum Gasteiger partial charge on any atom is -0.488 e. The van der Waals surface area contributed by atoms with Gasteiger partial charge < -0.3 is 14.2 Å².